The minimum atomic E-state index is 0.0582. The predicted molar refractivity (Wildman–Crippen MR) is 97.8 cm³/mol. The zero-order chi connectivity index (χ0) is 17.7. The van der Waals surface area contributed by atoms with Crippen molar-refractivity contribution in [1.29, 1.82) is 10.5 Å². The number of benzene rings is 1. The molecule has 0 saturated carbocycles. The lowest BCUT2D eigenvalue weighted by atomic mass is 10.0. The summed E-state index contributed by atoms with van der Waals surface area (Å²) in [5.74, 6) is 0. The molecule has 5 heteroatoms. The van der Waals surface area contributed by atoms with Crippen molar-refractivity contribution in [1.82, 2.24) is 0 Å². The maximum Gasteiger partial charge on any atom is 0.177 e. The molecule has 0 atom stereocenters. The summed E-state index contributed by atoms with van der Waals surface area (Å²) < 4.78 is 0. The van der Waals surface area contributed by atoms with Crippen LogP contribution in [0.25, 0.3) is 6.08 Å². The van der Waals surface area contributed by atoms with Crippen LogP contribution in [-0.4, -0.2) is 25.5 Å². The lowest BCUT2D eigenvalue weighted by molar-refractivity contribution is 1.13. The fourth-order valence-corrected chi connectivity index (χ4v) is 2.36. The van der Waals surface area contributed by atoms with Gasteiger partial charge in [-0.1, -0.05) is 12.1 Å². The Morgan fingerprint density at radius 3 is 2.12 bits per heavy atom. The van der Waals surface area contributed by atoms with E-state index in [1.54, 1.807) is 0 Å². The SMILES string of the molecule is CC1=N\C(C#N)=C(C#N)/N=C(C)\C(=C/c2ccc(N(C)C)cc2)C1. The first-order chi connectivity index (χ1) is 11.4. The minimum Gasteiger partial charge on any atom is -0.378 e. The van der Waals surface area contributed by atoms with E-state index in [0.717, 1.165) is 28.2 Å². The molecule has 2 rings (SSSR count). The molecule has 0 aliphatic carbocycles. The average Bonchev–Trinajstić information content (AvgIpc) is 2.56. The lowest BCUT2D eigenvalue weighted by Crippen LogP contribution is -2.08. The predicted octanol–water partition coefficient (Wildman–Crippen LogP) is 3.72. The molecule has 0 fully saturated rings. The van der Waals surface area contributed by atoms with E-state index in [1.165, 1.54) is 0 Å². The summed E-state index contributed by atoms with van der Waals surface area (Å²) in [4.78, 5) is 10.6. The van der Waals surface area contributed by atoms with Crippen LogP contribution in [0.3, 0.4) is 0 Å². The van der Waals surface area contributed by atoms with Gasteiger partial charge in [0, 0.05) is 37.6 Å². The first-order valence-electron chi connectivity index (χ1n) is 7.57. The van der Waals surface area contributed by atoms with Crippen molar-refractivity contribution in [2.75, 3.05) is 19.0 Å². The second-order valence-electron chi connectivity index (χ2n) is 5.80. The van der Waals surface area contributed by atoms with Crippen molar-refractivity contribution in [2.45, 2.75) is 20.3 Å². The summed E-state index contributed by atoms with van der Waals surface area (Å²) in [7, 11) is 4.00. The van der Waals surface area contributed by atoms with Crippen LogP contribution in [0.15, 0.2) is 51.2 Å². The standard InChI is InChI=1S/C19H19N5/c1-13-9-16(10-15-5-7-17(8-6-15)24(3)4)14(2)23-19(12-21)18(11-20)22-13/h5-8,10H,9H2,1-4H3/b16-10-,19-18-,22-13?,23-14-. The summed E-state index contributed by atoms with van der Waals surface area (Å²) in [6, 6.07) is 12.1. The molecule has 1 aliphatic heterocycles. The Labute approximate surface area is 142 Å². The molecule has 120 valence electrons. The normalized spacial score (nSPS) is 21.7. The fourth-order valence-electron chi connectivity index (χ4n) is 2.36. The number of hydrogen-bond donors (Lipinski definition) is 0. The van der Waals surface area contributed by atoms with Gasteiger partial charge in [0.1, 0.15) is 12.1 Å². The van der Waals surface area contributed by atoms with Gasteiger partial charge in [-0.2, -0.15) is 10.5 Å². The Hall–Kier alpha value is -3.18. The molecule has 1 aromatic rings. The van der Waals surface area contributed by atoms with E-state index in [-0.39, 0.29) is 11.4 Å². The number of aliphatic imine (C=N–C) groups is 2. The van der Waals surface area contributed by atoms with Gasteiger partial charge in [0.05, 0.1) is 0 Å². The number of hydrogen-bond acceptors (Lipinski definition) is 5. The second-order valence-corrected chi connectivity index (χ2v) is 5.80. The van der Waals surface area contributed by atoms with Gasteiger partial charge in [-0.05, 0) is 43.2 Å². The number of allylic oxidation sites excluding steroid dienone is 3. The first kappa shape index (κ1) is 17.2. The van der Waals surface area contributed by atoms with Crippen LogP contribution in [-0.2, 0) is 0 Å². The van der Waals surface area contributed by atoms with Crippen molar-refractivity contribution in [3.05, 3.63) is 46.8 Å². The molecular weight excluding hydrogens is 298 g/mol. The number of rotatable bonds is 2. The third kappa shape index (κ3) is 3.97. The van der Waals surface area contributed by atoms with Crippen LogP contribution < -0.4 is 4.90 Å². The zero-order valence-electron chi connectivity index (χ0n) is 14.3. The van der Waals surface area contributed by atoms with E-state index in [0.29, 0.717) is 6.42 Å². The van der Waals surface area contributed by atoms with Gasteiger partial charge in [-0.15, -0.1) is 0 Å². The highest BCUT2D eigenvalue weighted by Crippen LogP contribution is 2.20. The van der Waals surface area contributed by atoms with E-state index in [4.69, 9.17) is 5.26 Å². The smallest absolute Gasteiger partial charge is 0.177 e. The molecule has 1 heterocycles. The van der Waals surface area contributed by atoms with Gasteiger partial charge in [0.2, 0.25) is 0 Å². The topological polar surface area (TPSA) is 75.5 Å². The van der Waals surface area contributed by atoms with E-state index < -0.39 is 0 Å². The Bertz CT molecular complexity index is 837. The minimum absolute atomic E-state index is 0.0582. The molecule has 0 saturated heterocycles. The summed E-state index contributed by atoms with van der Waals surface area (Å²) in [5, 5.41) is 18.3. The Morgan fingerprint density at radius 2 is 1.58 bits per heavy atom. The summed E-state index contributed by atoms with van der Waals surface area (Å²) in [5.41, 5.74) is 4.81. The van der Waals surface area contributed by atoms with Crippen molar-refractivity contribution in [3.63, 3.8) is 0 Å². The number of nitriles is 2. The third-order valence-corrected chi connectivity index (χ3v) is 3.68. The maximum absolute atomic E-state index is 9.21. The highest BCUT2D eigenvalue weighted by molar-refractivity contribution is 6.07. The zero-order valence-corrected chi connectivity index (χ0v) is 14.3. The van der Waals surface area contributed by atoms with Gasteiger partial charge in [0.25, 0.3) is 0 Å². The molecule has 0 radical (unpaired) electrons. The van der Waals surface area contributed by atoms with Crippen LogP contribution in [0.2, 0.25) is 0 Å². The van der Waals surface area contributed by atoms with E-state index in [1.807, 2.05) is 63.2 Å². The average molecular weight is 317 g/mol. The molecule has 5 nitrogen and oxygen atoms in total. The molecule has 0 bridgehead atoms. The van der Waals surface area contributed by atoms with Crippen LogP contribution in [0.4, 0.5) is 5.69 Å². The van der Waals surface area contributed by atoms with Crippen molar-refractivity contribution < 1.29 is 0 Å². The lowest BCUT2D eigenvalue weighted by Gasteiger charge is -2.13. The van der Waals surface area contributed by atoms with E-state index in [2.05, 4.69) is 22.1 Å². The molecule has 0 unspecified atom stereocenters. The molecule has 24 heavy (non-hydrogen) atoms. The Kier molecular flexibility index (Phi) is 5.29. The van der Waals surface area contributed by atoms with E-state index >= 15 is 0 Å². The fraction of sp³-hybridized carbons (Fsp3) is 0.263. The maximum atomic E-state index is 9.21. The van der Waals surface area contributed by atoms with Crippen molar-refractivity contribution in [2.24, 2.45) is 9.98 Å². The first-order valence-corrected chi connectivity index (χ1v) is 7.57. The molecule has 0 amide bonds. The Morgan fingerprint density at radius 1 is 1.00 bits per heavy atom. The molecule has 1 aromatic carbocycles. The van der Waals surface area contributed by atoms with Gasteiger partial charge >= 0.3 is 0 Å². The monoisotopic (exact) mass is 317 g/mol. The van der Waals surface area contributed by atoms with Gasteiger partial charge < -0.3 is 4.90 Å². The highest BCUT2D eigenvalue weighted by Gasteiger charge is 2.13. The van der Waals surface area contributed by atoms with Crippen LogP contribution in [0, 0.1) is 22.7 Å². The summed E-state index contributed by atoms with van der Waals surface area (Å²) >= 11 is 0. The number of nitrogens with zero attached hydrogens (tertiary/aromatic N) is 5. The number of anilines is 1. The highest BCUT2D eigenvalue weighted by atomic mass is 15.1. The summed E-state index contributed by atoms with van der Waals surface area (Å²) in [6.45, 7) is 3.71. The molecular formula is C19H19N5. The van der Waals surface area contributed by atoms with Crippen molar-refractivity contribution in [3.8, 4) is 12.1 Å². The molecule has 1 aliphatic rings. The molecule has 0 spiro atoms. The van der Waals surface area contributed by atoms with Gasteiger partial charge in [-0.3, -0.25) is 0 Å². The summed E-state index contributed by atoms with van der Waals surface area (Å²) in [6.07, 6.45) is 2.64. The van der Waals surface area contributed by atoms with Gasteiger partial charge in [0.15, 0.2) is 11.4 Å². The molecule has 0 N–H and O–H groups in total. The van der Waals surface area contributed by atoms with Gasteiger partial charge in [-0.25, -0.2) is 9.98 Å². The van der Waals surface area contributed by atoms with Crippen LogP contribution >= 0.6 is 0 Å². The van der Waals surface area contributed by atoms with Crippen LogP contribution in [0.5, 0.6) is 0 Å². The third-order valence-electron chi connectivity index (χ3n) is 3.68. The largest absolute Gasteiger partial charge is 0.378 e. The van der Waals surface area contributed by atoms with E-state index in [9.17, 15) is 5.26 Å². The van der Waals surface area contributed by atoms with Crippen molar-refractivity contribution >= 4 is 23.2 Å². The Balaban J connectivity index is 2.46. The molecule has 0 aromatic heterocycles. The quantitative estimate of drug-likeness (QED) is 0.834. The van der Waals surface area contributed by atoms with Crippen LogP contribution in [0.1, 0.15) is 25.8 Å². The second kappa shape index (κ2) is 7.39.